The summed E-state index contributed by atoms with van der Waals surface area (Å²) in [5.41, 5.74) is 1.13. The average Bonchev–Trinajstić information content (AvgIpc) is 2.73. The third kappa shape index (κ3) is 3.05. The topological polar surface area (TPSA) is 50.2 Å². The summed E-state index contributed by atoms with van der Waals surface area (Å²) < 4.78 is 0.802. The standard InChI is InChI=1S/C14H13BrClNO2S/c1-14(2,3)11-10(13(18)19)20-12(17-11)8-5-4-7(16)6-9(8)15/h4-6H,1-3H3,(H,18,19). The van der Waals surface area contributed by atoms with Crippen molar-refractivity contribution >= 4 is 44.8 Å². The second-order valence-electron chi connectivity index (χ2n) is 5.38. The zero-order valence-corrected chi connectivity index (χ0v) is 14.4. The normalized spacial score (nSPS) is 11.7. The summed E-state index contributed by atoms with van der Waals surface area (Å²) in [5.74, 6) is -0.941. The second-order valence-corrected chi connectivity index (χ2v) is 7.67. The molecule has 0 saturated carbocycles. The van der Waals surface area contributed by atoms with Gasteiger partial charge in [0.05, 0.1) is 5.69 Å². The van der Waals surface area contributed by atoms with Crippen LogP contribution in [-0.4, -0.2) is 16.1 Å². The Hall–Kier alpha value is -0.910. The lowest BCUT2D eigenvalue weighted by atomic mass is 9.91. The van der Waals surface area contributed by atoms with E-state index in [2.05, 4.69) is 20.9 Å². The highest BCUT2D eigenvalue weighted by Gasteiger charge is 2.27. The van der Waals surface area contributed by atoms with Crippen LogP contribution in [0.3, 0.4) is 0 Å². The van der Waals surface area contributed by atoms with Crippen molar-refractivity contribution in [3.05, 3.63) is 38.3 Å². The lowest BCUT2D eigenvalue weighted by Gasteiger charge is -2.16. The lowest BCUT2D eigenvalue weighted by molar-refractivity contribution is 0.0699. The molecule has 0 aliphatic heterocycles. The van der Waals surface area contributed by atoms with Crippen LogP contribution in [-0.2, 0) is 5.41 Å². The summed E-state index contributed by atoms with van der Waals surface area (Å²) in [6, 6.07) is 5.37. The van der Waals surface area contributed by atoms with E-state index in [1.54, 1.807) is 12.1 Å². The molecule has 0 saturated heterocycles. The van der Waals surface area contributed by atoms with Crippen molar-refractivity contribution in [1.29, 1.82) is 0 Å². The van der Waals surface area contributed by atoms with Gasteiger partial charge in [0.15, 0.2) is 0 Å². The van der Waals surface area contributed by atoms with E-state index in [1.165, 1.54) is 11.3 Å². The van der Waals surface area contributed by atoms with Crippen LogP contribution in [0.2, 0.25) is 5.02 Å². The molecule has 106 valence electrons. The SMILES string of the molecule is CC(C)(C)c1nc(-c2ccc(Cl)cc2Br)sc1C(=O)O. The van der Waals surface area contributed by atoms with E-state index in [4.69, 9.17) is 11.6 Å². The van der Waals surface area contributed by atoms with Gasteiger partial charge in [-0.1, -0.05) is 48.3 Å². The number of benzene rings is 1. The molecule has 0 atom stereocenters. The smallest absolute Gasteiger partial charge is 0.347 e. The van der Waals surface area contributed by atoms with E-state index in [-0.39, 0.29) is 10.3 Å². The number of nitrogens with zero attached hydrogens (tertiary/aromatic N) is 1. The molecule has 0 bridgehead atoms. The highest BCUT2D eigenvalue weighted by Crippen LogP contribution is 2.38. The number of hydrogen-bond acceptors (Lipinski definition) is 3. The van der Waals surface area contributed by atoms with E-state index < -0.39 is 5.97 Å². The quantitative estimate of drug-likeness (QED) is 0.784. The summed E-state index contributed by atoms with van der Waals surface area (Å²) in [4.78, 5) is 16.2. The number of aromatic carboxylic acids is 1. The average molecular weight is 375 g/mol. The maximum Gasteiger partial charge on any atom is 0.347 e. The van der Waals surface area contributed by atoms with Gasteiger partial charge in [-0.15, -0.1) is 11.3 Å². The van der Waals surface area contributed by atoms with Crippen LogP contribution in [0.1, 0.15) is 36.1 Å². The van der Waals surface area contributed by atoms with Gasteiger partial charge in [0, 0.05) is 20.5 Å². The number of halogens is 2. The molecular formula is C14H13BrClNO2S. The van der Waals surface area contributed by atoms with Gasteiger partial charge in [-0.05, 0) is 18.2 Å². The number of hydrogen-bond donors (Lipinski definition) is 1. The van der Waals surface area contributed by atoms with Crippen molar-refractivity contribution in [3.63, 3.8) is 0 Å². The predicted molar refractivity (Wildman–Crippen MR) is 85.9 cm³/mol. The Bertz CT molecular complexity index is 676. The largest absolute Gasteiger partial charge is 0.477 e. The van der Waals surface area contributed by atoms with Crippen LogP contribution in [0.25, 0.3) is 10.6 Å². The Morgan fingerprint density at radius 2 is 2.05 bits per heavy atom. The lowest BCUT2D eigenvalue weighted by Crippen LogP contribution is -2.16. The number of carboxylic acids is 1. The summed E-state index contributed by atoms with van der Waals surface area (Å²) in [6.07, 6.45) is 0. The molecule has 0 amide bonds. The first-order chi connectivity index (χ1) is 9.20. The zero-order valence-electron chi connectivity index (χ0n) is 11.2. The van der Waals surface area contributed by atoms with Crippen LogP contribution in [0.15, 0.2) is 22.7 Å². The Balaban J connectivity index is 2.62. The molecule has 1 aromatic carbocycles. The third-order valence-corrected chi connectivity index (χ3v) is 4.66. The summed E-state index contributed by atoms with van der Waals surface area (Å²) in [5, 5.41) is 10.6. The molecule has 0 aliphatic carbocycles. The predicted octanol–water partition coefficient (Wildman–Crippen LogP) is 5.22. The summed E-state index contributed by atoms with van der Waals surface area (Å²) in [6.45, 7) is 5.86. The molecule has 0 unspecified atom stereocenters. The molecule has 6 heteroatoms. The maximum absolute atomic E-state index is 11.4. The van der Waals surface area contributed by atoms with Gasteiger partial charge < -0.3 is 5.11 Å². The van der Waals surface area contributed by atoms with E-state index in [0.717, 1.165) is 10.0 Å². The highest BCUT2D eigenvalue weighted by molar-refractivity contribution is 9.10. The molecule has 1 heterocycles. The number of carbonyl (C=O) groups is 1. The maximum atomic E-state index is 11.4. The highest BCUT2D eigenvalue weighted by atomic mass is 79.9. The van der Waals surface area contributed by atoms with Gasteiger partial charge in [0.1, 0.15) is 9.88 Å². The Labute approximate surface area is 134 Å². The van der Waals surface area contributed by atoms with Crippen molar-refractivity contribution in [2.45, 2.75) is 26.2 Å². The van der Waals surface area contributed by atoms with Crippen LogP contribution in [0, 0.1) is 0 Å². The van der Waals surface area contributed by atoms with E-state index in [1.807, 2.05) is 26.8 Å². The molecule has 0 spiro atoms. The van der Waals surface area contributed by atoms with E-state index in [0.29, 0.717) is 15.7 Å². The Kier molecular flexibility index (Phi) is 4.23. The molecule has 2 rings (SSSR count). The summed E-state index contributed by atoms with van der Waals surface area (Å²) in [7, 11) is 0. The van der Waals surface area contributed by atoms with Crippen molar-refractivity contribution in [3.8, 4) is 10.6 Å². The van der Waals surface area contributed by atoms with Gasteiger partial charge in [-0.25, -0.2) is 9.78 Å². The monoisotopic (exact) mass is 373 g/mol. The van der Waals surface area contributed by atoms with Gasteiger partial charge >= 0.3 is 5.97 Å². The van der Waals surface area contributed by atoms with Crippen molar-refractivity contribution in [2.75, 3.05) is 0 Å². The molecular weight excluding hydrogens is 362 g/mol. The van der Waals surface area contributed by atoms with Gasteiger partial charge in [0.25, 0.3) is 0 Å². The summed E-state index contributed by atoms with van der Waals surface area (Å²) >= 11 is 10.5. The first-order valence-electron chi connectivity index (χ1n) is 5.90. The van der Waals surface area contributed by atoms with Crippen molar-refractivity contribution < 1.29 is 9.90 Å². The second kappa shape index (κ2) is 5.47. The first kappa shape index (κ1) is 15.5. The fraction of sp³-hybridized carbons (Fsp3) is 0.286. The molecule has 1 N–H and O–H groups in total. The number of carboxylic acid groups (broad SMARTS) is 1. The molecule has 0 radical (unpaired) electrons. The number of thiazole rings is 1. The fourth-order valence-corrected chi connectivity index (χ4v) is 3.91. The van der Waals surface area contributed by atoms with Gasteiger partial charge in [0.2, 0.25) is 0 Å². The Morgan fingerprint density at radius 3 is 2.50 bits per heavy atom. The molecule has 0 fully saturated rings. The number of aromatic nitrogens is 1. The van der Waals surface area contributed by atoms with Crippen molar-refractivity contribution in [2.24, 2.45) is 0 Å². The molecule has 2 aromatic rings. The third-order valence-electron chi connectivity index (χ3n) is 2.69. The van der Waals surface area contributed by atoms with Crippen LogP contribution >= 0.6 is 38.9 Å². The van der Waals surface area contributed by atoms with E-state index in [9.17, 15) is 9.90 Å². The molecule has 3 nitrogen and oxygen atoms in total. The molecule has 1 aromatic heterocycles. The molecule has 20 heavy (non-hydrogen) atoms. The Morgan fingerprint density at radius 1 is 1.40 bits per heavy atom. The fourth-order valence-electron chi connectivity index (χ4n) is 1.75. The number of rotatable bonds is 2. The van der Waals surface area contributed by atoms with Crippen LogP contribution in [0.4, 0.5) is 0 Å². The molecule has 0 aliphatic rings. The van der Waals surface area contributed by atoms with Crippen LogP contribution in [0.5, 0.6) is 0 Å². The van der Waals surface area contributed by atoms with Gasteiger partial charge in [-0.3, -0.25) is 0 Å². The minimum absolute atomic E-state index is 0.286. The minimum atomic E-state index is -0.941. The van der Waals surface area contributed by atoms with E-state index >= 15 is 0 Å². The minimum Gasteiger partial charge on any atom is -0.477 e. The zero-order chi connectivity index (χ0) is 15.1. The van der Waals surface area contributed by atoms with Gasteiger partial charge in [-0.2, -0.15) is 0 Å². The first-order valence-corrected chi connectivity index (χ1v) is 7.89. The van der Waals surface area contributed by atoms with Crippen LogP contribution < -0.4 is 0 Å². The van der Waals surface area contributed by atoms with Crippen molar-refractivity contribution in [1.82, 2.24) is 4.98 Å².